The first-order valence-corrected chi connectivity index (χ1v) is 53.8. The number of urea groups is 1. The van der Waals surface area contributed by atoms with Crippen LogP contribution in [-0.4, -0.2) is 286 Å². The van der Waals surface area contributed by atoms with Gasteiger partial charge in [-0.15, -0.1) is 0 Å². The second-order valence-corrected chi connectivity index (χ2v) is 48.2. The summed E-state index contributed by atoms with van der Waals surface area (Å²) >= 11 is 0. The quantitative estimate of drug-likeness (QED) is 0.0322. The highest BCUT2D eigenvalue weighted by molar-refractivity contribution is 7.89. The molecule has 12 amide bonds. The van der Waals surface area contributed by atoms with E-state index < -0.39 is 80.1 Å². The van der Waals surface area contributed by atoms with Gasteiger partial charge in [-0.25, -0.2) is 30.8 Å². The molecule has 0 aliphatic carbocycles. The minimum atomic E-state index is -3.57. The fourth-order valence-corrected chi connectivity index (χ4v) is 22.4. The van der Waals surface area contributed by atoms with E-state index in [1.54, 1.807) is 87.1 Å². The summed E-state index contributed by atoms with van der Waals surface area (Å²) in [6.45, 7) is 51.8. The minimum absolute atomic E-state index is 0.0183. The molecule has 0 aromatic heterocycles. The lowest BCUT2D eigenvalue weighted by Crippen LogP contribution is -2.58. The largest absolute Gasteiger partial charge is 0.370 e. The lowest BCUT2D eigenvalue weighted by molar-refractivity contribution is -0.143. The van der Waals surface area contributed by atoms with Crippen molar-refractivity contribution in [2.45, 2.75) is 354 Å². The zero-order chi connectivity index (χ0) is 108. The Morgan fingerprint density at radius 1 is 0.359 bits per heavy atom. The van der Waals surface area contributed by atoms with Crippen LogP contribution in [0.15, 0.2) is 97.1 Å². The van der Waals surface area contributed by atoms with Crippen LogP contribution in [0.3, 0.4) is 0 Å². The number of ether oxygens (including phenoxy) is 4. The van der Waals surface area contributed by atoms with E-state index in [-0.39, 0.29) is 211 Å². The number of carbonyl (C=O) groups is 11. The van der Waals surface area contributed by atoms with Gasteiger partial charge in [-0.05, 0) is 156 Å². The predicted molar refractivity (Wildman–Crippen MR) is 549 cm³/mol. The third-order valence-electron chi connectivity index (χ3n) is 29.6. The summed E-state index contributed by atoms with van der Waals surface area (Å²) in [5.74, 6) is -3.07. The van der Waals surface area contributed by atoms with Crippen molar-refractivity contribution >= 4 is 75.1 Å². The third kappa shape index (κ3) is 30.6. The fraction of sp³-hybridized carbons (Fsp3) is 0.682. The van der Waals surface area contributed by atoms with Crippen molar-refractivity contribution in [2.75, 3.05) is 72.2 Å². The molecule has 0 bridgehead atoms. The molecule has 12 rings (SSSR count). The van der Waals surface area contributed by atoms with Crippen LogP contribution in [0, 0.1) is 80.4 Å². The number of nitrogens with zero attached hydrogens (tertiary/aromatic N) is 9. The molecule has 0 spiro atoms. The second-order valence-electron chi connectivity index (χ2n) is 46.3. The Balaban J connectivity index is 0.000000215. The van der Waals surface area contributed by atoms with Crippen molar-refractivity contribution in [1.29, 1.82) is 0 Å². The molecule has 20 atom stereocenters. The Bertz CT molecular complexity index is 5150. The van der Waals surface area contributed by atoms with Crippen molar-refractivity contribution in [3.63, 3.8) is 0 Å². The van der Waals surface area contributed by atoms with Gasteiger partial charge in [-0.2, -0.15) is 4.31 Å². The average molecular weight is 2050 g/mol. The molecule has 8 aliphatic rings. The molecule has 35 heteroatoms. The van der Waals surface area contributed by atoms with Crippen LogP contribution in [-0.2, 0) is 103 Å². The van der Waals surface area contributed by atoms with Crippen molar-refractivity contribution < 1.29 is 97.7 Å². The summed E-state index contributed by atoms with van der Waals surface area (Å²) in [6, 6.07) is 19.2. The normalized spacial score (nSPS) is 23.6. The topological polar surface area (TPSA) is 336 Å². The van der Waals surface area contributed by atoms with Gasteiger partial charge in [0.25, 0.3) is 0 Å². The minimum Gasteiger partial charge on any atom is -0.370 e. The molecule has 0 unspecified atom stereocenters. The number of amides is 12. The second kappa shape index (κ2) is 51.0. The maximum Gasteiger partial charge on any atom is 0.319 e. The van der Waals surface area contributed by atoms with Crippen LogP contribution >= 0.6 is 0 Å². The van der Waals surface area contributed by atoms with E-state index in [1.165, 1.54) is 64.7 Å². The molecular weight excluding hydrogens is 1880 g/mol. The standard InChI is InChI=1S/C29H44FN3O4.C28H44FN3O5S.C27H41FN4O4.C26H38FN3O4/c1-8-19(4)27(35)31-26(29(5,6)7)28(36)32-14-13-22-25(32)23(16-33(22)24(34)15-18(2)3)37-17-20-9-11-21(30)12-10-20;1-8-19(4)26(33)30-25(28(5,6)7)27(34)31-14-13-22-24(31)23(15-32(22)38(35,36)17-18(2)3)37-16-20-9-11-21(29)12-10-20;1-8-17(2)24(33)29-23(27(3,4)5)25(34)31-14-13-20-22(31)21(15-32(20)26(35)30(6)7)36-16-18-9-11-19(28)12-10-18;1-7-16(2)24(32)28-23(26(4,5)6)25(33)29-13-12-20-22(29)21(14-30(20)17(3)31)34-15-18-8-10-19(27)11-9-18/h9-12,18-19,22-23,25-26H,8,13-17H2,1-7H3,(H,31,35);9-12,18-19,22-25H,8,13-17H2,1-7H3,(H,30,33);9-12,17,20-23H,8,13-16H2,1-7H3,(H,29,33);8-11,16,20-23H,7,12-15H2,1-6H3,(H,28,32)/t19-,22-,23+,25+,26-;19-,22-,23+,24+,25-;17-,20-,21+,22+,23-;16-,20-,21+,22+,23-/m1111/s1. The smallest absolute Gasteiger partial charge is 0.319 e. The predicted octanol–water partition coefficient (Wildman–Crippen LogP) is 14.1. The number of carbonyl (C=O) groups excluding carboxylic acids is 11. The SMILES string of the molecule is CC[C@@H](C)C(=O)N[C@H](C(=O)N1CC[C@@H]2[C@H]1[C@@H](OCc1ccc(F)cc1)CN2C(=O)CC(C)C)C(C)(C)C.CC[C@@H](C)C(=O)N[C@H](C(=O)N1CC[C@@H]2[C@H]1[C@@H](OCc1ccc(F)cc1)CN2C(=O)N(C)C)C(C)(C)C.CC[C@@H](C)C(=O)N[C@H](C(=O)N1CC[C@@H]2[C@H]1[C@@H](OCc1ccc(F)cc1)CN2C(C)=O)C(C)(C)C.CC[C@@H](C)C(=O)N[C@H](C(=O)N1CC[C@@H]2[C@H]1[C@@H](OCc1ccc(F)cc1)CN2S(=O)(=O)CC(C)C)C(C)(C)C. The third-order valence-corrected chi connectivity index (χ3v) is 31.8. The van der Waals surface area contributed by atoms with Gasteiger partial charge in [-0.1, -0.05) is 215 Å². The number of hydrogen-bond acceptors (Lipinski definition) is 17. The summed E-state index contributed by atoms with van der Waals surface area (Å²) in [6.07, 6.45) is 3.97. The lowest BCUT2D eigenvalue weighted by Gasteiger charge is -2.37. The maximum atomic E-state index is 14.0. The van der Waals surface area contributed by atoms with E-state index in [0.717, 1.165) is 22.3 Å². The van der Waals surface area contributed by atoms with Gasteiger partial charge in [0.05, 0.1) is 105 Å². The maximum absolute atomic E-state index is 14.0. The van der Waals surface area contributed by atoms with Gasteiger partial charge in [-0.3, -0.25) is 47.9 Å². The highest BCUT2D eigenvalue weighted by Crippen LogP contribution is 2.43. The number of nitrogens with one attached hydrogen (secondary N) is 4. The highest BCUT2D eigenvalue weighted by atomic mass is 32.2. The molecular formula is C110H167F4N13O17S. The van der Waals surface area contributed by atoms with Crippen LogP contribution in [0.2, 0.25) is 0 Å². The number of sulfonamides is 1. The summed E-state index contributed by atoms with van der Waals surface area (Å²) in [5, 5.41) is 12.0. The van der Waals surface area contributed by atoms with Crippen LogP contribution in [0.5, 0.6) is 0 Å². The summed E-state index contributed by atoms with van der Waals surface area (Å²) in [5.41, 5.74) is 1.20. The van der Waals surface area contributed by atoms with E-state index in [2.05, 4.69) is 21.3 Å². The number of fused-ring (bicyclic) bond motifs is 4. The van der Waals surface area contributed by atoms with E-state index >= 15 is 0 Å². The molecule has 30 nitrogen and oxygen atoms in total. The molecule has 8 fully saturated rings. The molecule has 8 heterocycles. The zero-order valence-electron chi connectivity index (χ0n) is 90.9. The first-order valence-electron chi connectivity index (χ1n) is 52.2. The molecule has 4 N–H and O–H groups in total. The molecule has 145 heavy (non-hydrogen) atoms. The van der Waals surface area contributed by atoms with Crippen LogP contribution in [0.25, 0.3) is 0 Å². The van der Waals surface area contributed by atoms with Gasteiger partial charge < -0.3 is 79.4 Å². The Kier molecular flexibility index (Phi) is 41.8. The molecule has 8 saturated heterocycles. The number of rotatable bonds is 33. The average Bonchev–Trinajstić information content (AvgIpc) is 1.57. The first kappa shape index (κ1) is 119. The Hall–Kier alpha value is -9.68. The van der Waals surface area contributed by atoms with E-state index in [9.17, 15) is 78.7 Å². The van der Waals surface area contributed by atoms with E-state index in [0.29, 0.717) is 104 Å². The molecule has 8 aliphatic heterocycles. The molecule has 0 saturated carbocycles. The van der Waals surface area contributed by atoms with E-state index in [4.69, 9.17) is 18.9 Å². The summed E-state index contributed by atoms with van der Waals surface area (Å²) in [4.78, 5) is 159. The molecule has 808 valence electrons. The number of hydrogen-bond donors (Lipinski definition) is 4. The zero-order valence-corrected chi connectivity index (χ0v) is 91.7. The number of likely N-dealkylation sites (tertiary alicyclic amines) is 7. The number of benzene rings is 4. The van der Waals surface area contributed by atoms with Gasteiger partial charge in [0.1, 0.15) is 47.4 Å². The Morgan fingerprint density at radius 3 is 0.848 bits per heavy atom. The van der Waals surface area contributed by atoms with E-state index in [1.807, 2.05) is 176 Å². The molecule has 0 radical (unpaired) electrons. The van der Waals surface area contributed by atoms with Crippen molar-refractivity contribution in [3.8, 4) is 0 Å². The molecule has 4 aromatic carbocycles. The first-order chi connectivity index (χ1) is 67.8. The van der Waals surface area contributed by atoms with Crippen molar-refractivity contribution in [3.05, 3.63) is 143 Å². The van der Waals surface area contributed by atoms with Crippen molar-refractivity contribution in [1.82, 2.24) is 64.8 Å². The lowest BCUT2D eigenvalue weighted by atomic mass is 9.85. The van der Waals surface area contributed by atoms with Crippen LogP contribution in [0.4, 0.5) is 22.4 Å². The van der Waals surface area contributed by atoms with Crippen LogP contribution < -0.4 is 21.3 Å². The van der Waals surface area contributed by atoms with Gasteiger partial charge in [0.2, 0.25) is 69.1 Å². The summed E-state index contributed by atoms with van der Waals surface area (Å²) in [7, 11) is -0.150. The highest BCUT2D eigenvalue weighted by Gasteiger charge is 2.60. The molecule has 4 aromatic rings. The fourth-order valence-electron chi connectivity index (χ4n) is 20.4. The number of halogens is 4. The summed E-state index contributed by atoms with van der Waals surface area (Å²) < 4.78 is 107. The van der Waals surface area contributed by atoms with Gasteiger partial charge in [0.15, 0.2) is 0 Å². The van der Waals surface area contributed by atoms with Crippen LogP contribution in [0.1, 0.15) is 253 Å². The Labute approximate surface area is 859 Å². The Morgan fingerprint density at radius 2 is 0.600 bits per heavy atom. The monoisotopic (exact) mass is 2050 g/mol. The van der Waals surface area contributed by atoms with Crippen molar-refractivity contribution in [2.24, 2.45) is 57.2 Å². The van der Waals surface area contributed by atoms with Gasteiger partial charge >= 0.3 is 6.03 Å². The van der Waals surface area contributed by atoms with Gasteiger partial charge in [0, 0.05) is 103 Å².